The molecule has 0 aliphatic carbocycles. The van der Waals surface area contributed by atoms with E-state index in [0.29, 0.717) is 0 Å². The van der Waals surface area contributed by atoms with E-state index < -0.39 is 29.7 Å². The molecule has 1 saturated heterocycles. The number of carboxylic acids is 1. The quantitative estimate of drug-likeness (QED) is 0.826. The van der Waals surface area contributed by atoms with Gasteiger partial charge in [-0.05, 0) is 28.1 Å². The Morgan fingerprint density at radius 2 is 2.16 bits per heavy atom. The van der Waals surface area contributed by atoms with E-state index in [1.165, 1.54) is 11.0 Å². The average Bonchev–Trinajstić information content (AvgIpc) is 2.71. The molecule has 2 unspecified atom stereocenters. The van der Waals surface area contributed by atoms with Crippen LogP contribution in [0.25, 0.3) is 0 Å². The zero-order valence-corrected chi connectivity index (χ0v) is 11.4. The van der Waals surface area contributed by atoms with Crippen LogP contribution >= 0.6 is 15.9 Å². The van der Waals surface area contributed by atoms with E-state index in [1.54, 1.807) is 0 Å². The molecule has 1 aromatic carbocycles. The number of aliphatic hydroxyl groups excluding tert-OH is 1. The number of likely N-dealkylation sites (tertiary alicyclic amines) is 1. The average molecular weight is 336 g/mol. The number of carboxylic acid groups (broad SMARTS) is 1. The number of β-amino-alcohol motifs (C(OH)–C–C–N with tert-alkyl or cyclic N) is 1. The third kappa shape index (κ3) is 2.93. The minimum atomic E-state index is -1.10. The largest absolute Gasteiger partial charge is 0.480 e. The number of rotatable bonds is 3. The highest BCUT2D eigenvalue weighted by Gasteiger charge is 2.36. The summed E-state index contributed by atoms with van der Waals surface area (Å²) in [5, 5.41) is 18.5. The van der Waals surface area contributed by atoms with Gasteiger partial charge in [0.15, 0.2) is 0 Å². The van der Waals surface area contributed by atoms with Gasteiger partial charge in [0, 0.05) is 25.1 Å². The molecule has 0 spiro atoms. The summed E-state index contributed by atoms with van der Waals surface area (Å²) in [6.07, 6.45) is -0.730. The maximum Gasteiger partial charge on any atom is 0.321 e. The highest BCUT2D eigenvalue weighted by molar-refractivity contribution is 9.10. The van der Waals surface area contributed by atoms with E-state index in [4.69, 9.17) is 5.11 Å². The molecule has 1 aliphatic rings. The standard InChI is InChI=1S/C12H12BrF2NO3/c13-8-1-2-9(14)7(11(8)15)5-16-4-6(17)3-10(16)12(18)19/h1-2,6,10,17H,3-5H2,(H,18,19). The fraction of sp³-hybridized carbons (Fsp3) is 0.417. The molecule has 0 saturated carbocycles. The first-order valence-electron chi connectivity index (χ1n) is 5.67. The first kappa shape index (κ1) is 14.4. The minimum absolute atomic E-state index is 0.0621. The molecule has 7 heteroatoms. The Bertz CT molecular complexity index is 512. The summed E-state index contributed by atoms with van der Waals surface area (Å²) in [7, 11) is 0. The molecule has 104 valence electrons. The molecule has 2 N–H and O–H groups in total. The maximum atomic E-state index is 13.8. The van der Waals surface area contributed by atoms with Crippen molar-refractivity contribution in [1.29, 1.82) is 0 Å². The topological polar surface area (TPSA) is 60.8 Å². The molecular weight excluding hydrogens is 324 g/mol. The number of hydrogen-bond donors (Lipinski definition) is 2. The number of aliphatic carboxylic acids is 1. The summed E-state index contributed by atoms with van der Waals surface area (Å²) in [6, 6.07) is 1.44. The van der Waals surface area contributed by atoms with Crippen LogP contribution in [-0.4, -0.2) is 39.8 Å². The van der Waals surface area contributed by atoms with Crippen molar-refractivity contribution in [3.63, 3.8) is 0 Å². The van der Waals surface area contributed by atoms with Crippen LogP contribution in [-0.2, 0) is 11.3 Å². The van der Waals surface area contributed by atoms with Crippen molar-refractivity contribution in [2.75, 3.05) is 6.54 Å². The number of nitrogens with zero attached hydrogens (tertiary/aromatic N) is 1. The Morgan fingerprint density at radius 1 is 1.47 bits per heavy atom. The first-order chi connectivity index (χ1) is 8.90. The third-order valence-electron chi connectivity index (χ3n) is 3.17. The van der Waals surface area contributed by atoms with Crippen molar-refractivity contribution in [3.05, 3.63) is 33.8 Å². The maximum absolute atomic E-state index is 13.8. The number of benzene rings is 1. The van der Waals surface area contributed by atoms with E-state index in [9.17, 15) is 18.7 Å². The number of aliphatic hydroxyl groups is 1. The van der Waals surface area contributed by atoms with Gasteiger partial charge in [0.1, 0.15) is 17.7 Å². The normalized spacial score (nSPS) is 23.8. The summed E-state index contributed by atoms with van der Waals surface area (Å²) < 4.78 is 27.6. The van der Waals surface area contributed by atoms with Crippen LogP contribution in [0, 0.1) is 11.6 Å². The van der Waals surface area contributed by atoms with E-state index >= 15 is 0 Å². The van der Waals surface area contributed by atoms with Crippen LogP contribution in [0.3, 0.4) is 0 Å². The van der Waals surface area contributed by atoms with Crippen LogP contribution in [0.4, 0.5) is 8.78 Å². The Kier molecular flexibility index (Phi) is 4.17. The minimum Gasteiger partial charge on any atom is -0.480 e. The Balaban J connectivity index is 2.26. The lowest BCUT2D eigenvalue weighted by Crippen LogP contribution is -2.36. The van der Waals surface area contributed by atoms with E-state index in [1.807, 2.05) is 0 Å². The third-order valence-corrected chi connectivity index (χ3v) is 3.78. The summed E-state index contributed by atoms with van der Waals surface area (Å²) in [5.41, 5.74) is -0.199. The highest BCUT2D eigenvalue weighted by atomic mass is 79.9. The predicted octanol–water partition coefficient (Wildman–Crippen LogP) is 1.75. The molecule has 2 rings (SSSR count). The zero-order chi connectivity index (χ0) is 14.2. The highest BCUT2D eigenvalue weighted by Crippen LogP contribution is 2.26. The summed E-state index contributed by atoms with van der Waals surface area (Å²) >= 11 is 2.96. The fourth-order valence-corrected chi connectivity index (χ4v) is 2.60. The van der Waals surface area contributed by atoms with Crippen molar-refractivity contribution in [1.82, 2.24) is 4.90 Å². The predicted molar refractivity (Wildman–Crippen MR) is 66.5 cm³/mol. The van der Waals surface area contributed by atoms with Gasteiger partial charge in [0.05, 0.1) is 10.6 Å². The number of halogens is 3. The molecule has 0 radical (unpaired) electrons. The van der Waals surface area contributed by atoms with Gasteiger partial charge in [-0.15, -0.1) is 0 Å². The lowest BCUT2D eigenvalue weighted by atomic mass is 10.1. The molecule has 2 atom stereocenters. The fourth-order valence-electron chi connectivity index (χ4n) is 2.23. The van der Waals surface area contributed by atoms with Crippen molar-refractivity contribution in [2.24, 2.45) is 0 Å². The number of hydrogen-bond acceptors (Lipinski definition) is 3. The molecule has 0 bridgehead atoms. The second-order valence-corrected chi connectivity index (χ2v) is 5.35. The van der Waals surface area contributed by atoms with Crippen LogP contribution in [0.1, 0.15) is 12.0 Å². The SMILES string of the molecule is O=C(O)C1CC(O)CN1Cc1c(F)ccc(Br)c1F. The van der Waals surface area contributed by atoms with Gasteiger partial charge in [0.25, 0.3) is 0 Å². The Hall–Kier alpha value is -1.05. The lowest BCUT2D eigenvalue weighted by molar-refractivity contribution is -0.142. The van der Waals surface area contributed by atoms with E-state index in [0.717, 1.165) is 6.07 Å². The zero-order valence-electron chi connectivity index (χ0n) is 9.81. The van der Waals surface area contributed by atoms with E-state index in [2.05, 4.69) is 15.9 Å². The van der Waals surface area contributed by atoms with Gasteiger partial charge in [-0.2, -0.15) is 0 Å². The molecule has 0 aromatic heterocycles. The molecule has 0 amide bonds. The molecular formula is C12H12BrF2NO3. The van der Waals surface area contributed by atoms with Gasteiger partial charge < -0.3 is 10.2 Å². The molecule has 1 aliphatic heterocycles. The van der Waals surface area contributed by atoms with Crippen LogP contribution in [0.15, 0.2) is 16.6 Å². The van der Waals surface area contributed by atoms with Gasteiger partial charge in [0.2, 0.25) is 0 Å². The van der Waals surface area contributed by atoms with E-state index in [-0.39, 0.29) is 29.5 Å². The smallest absolute Gasteiger partial charge is 0.321 e. The van der Waals surface area contributed by atoms with Crippen molar-refractivity contribution < 1.29 is 23.8 Å². The van der Waals surface area contributed by atoms with Crippen molar-refractivity contribution in [3.8, 4) is 0 Å². The van der Waals surface area contributed by atoms with Crippen LogP contribution in [0.5, 0.6) is 0 Å². The molecule has 1 heterocycles. The summed E-state index contributed by atoms with van der Waals surface area (Å²) in [6.45, 7) is -0.104. The van der Waals surface area contributed by atoms with Gasteiger partial charge in [-0.1, -0.05) is 0 Å². The van der Waals surface area contributed by atoms with Crippen LogP contribution in [0.2, 0.25) is 0 Å². The van der Waals surface area contributed by atoms with Gasteiger partial charge in [-0.3, -0.25) is 9.69 Å². The van der Waals surface area contributed by atoms with Gasteiger partial charge >= 0.3 is 5.97 Å². The molecule has 4 nitrogen and oxygen atoms in total. The first-order valence-corrected chi connectivity index (χ1v) is 6.46. The molecule has 19 heavy (non-hydrogen) atoms. The monoisotopic (exact) mass is 335 g/mol. The second-order valence-electron chi connectivity index (χ2n) is 4.49. The summed E-state index contributed by atoms with van der Waals surface area (Å²) in [5.74, 6) is -2.58. The van der Waals surface area contributed by atoms with Gasteiger partial charge in [-0.25, -0.2) is 8.78 Å². The summed E-state index contributed by atoms with van der Waals surface area (Å²) in [4.78, 5) is 12.4. The lowest BCUT2D eigenvalue weighted by Gasteiger charge is -2.21. The Morgan fingerprint density at radius 3 is 2.79 bits per heavy atom. The van der Waals surface area contributed by atoms with Crippen molar-refractivity contribution in [2.45, 2.75) is 25.1 Å². The second kappa shape index (κ2) is 5.52. The Labute approximate surface area is 116 Å². The van der Waals surface area contributed by atoms with Crippen molar-refractivity contribution >= 4 is 21.9 Å². The molecule has 1 fully saturated rings. The number of carbonyl (C=O) groups is 1. The molecule has 1 aromatic rings. The van der Waals surface area contributed by atoms with Crippen LogP contribution < -0.4 is 0 Å².